The van der Waals surface area contributed by atoms with Crippen LogP contribution in [-0.4, -0.2) is 12.5 Å². The van der Waals surface area contributed by atoms with Crippen LogP contribution in [0.5, 0.6) is 11.5 Å². The van der Waals surface area contributed by atoms with Crippen LogP contribution in [0.15, 0.2) is 66.7 Å². The van der Waals surface area contributed by atoms with Gasteiger partial charge < -0.3 is 14.8 Å². The monoisotopic (exact) mass is 417 g/mol. The molecule has 0 aliphatic carbocycles. The van der Waals surface area contributed by atoms with Crippen LogP contribution in [0.4, 0.5) is 5.69 Å². The minimum absolute atomic E-state index is 0.0969. The van der Waals surface area contributed by atoms with Crippen LogP contribution >= 0.6 is 0 Å². The third-order valence-corrected chi connectivity index (χ3v) is 5.01. The van der Waals surface area contributed by atoms with Crippen LogP contribution in [0.3, 0.4) is 0 Å². The lowest BCUT2D eigenvalue weighted by atomic mass is 9.87. The summed E-state index contributed by atoms with van der Waals surface area (Å²) in [5.41, 5.74) is 4.61. The number of carbonyl (C=O) groups excluding carboxylic acids is 1. The average Bonchev–Trinajstić information content (AvgIpc) is 2.73. The van der Waals surface area contributed by atoms with Crippen molar-refractivity contribution in [2.45, 2.75) is 46.6 Å². The number of amides is 1. The van der Waals surface area contributed by atoms with Crippen molar-refractivity contribution in [2.24, 2.45) is 0 Å². The van der Waals surface area contributed by atoms with Crippen LogP contribution in [0.25, 0.3) is 0 Å². The second kappa shape index (κ2) is 9.69. The number of aryl methyl sites for hydroxylation is 1. The highest BCUT2D eigenvalue weighted by molar-refractivity contribution is 6.04. The summed E-state index contributed by atoms with van der Waals surface area (Å²) in [6, 6.07) is 21.3. The van der Waals surface area contributed by atoms with Gasteiger partial charge in [0, 0.05) is 16.8 Å². The lowest BCUT2D eigenvalue weighted by Gasteiger charge is -2.19. The number of hydrogen-bond acceptors (Lipinski definition) is 3. The van der Waals surface area contributed by atoms with E-state index in [9.17, 15) is 4.79 Å². The smallest absolute Gasteiger partial charge is 0.255 e. The van der Waals surface area contributed by atoms with Gasteiger partial charge in [0.25, 0.3) is 5.91 Å². The first-order valence-electron chi connectivity index (χ1n) is 10.6. The maximum Gasteiger partial charge on any atom is 0.255 e. The Morgan fingerprint density at radius 3 is 2.32 bits per heavy atom. The first-order valence-corrected chi connectivity index (χ1v) is 10.6. The molecule has 0 saturated heterocycles. The summed E-state index contributed by atoms with van der Waals surface area (Å²) in [4.78, 5) is 12.8. The first-order chi connectivity index (χ1) is 14.8. The number of hydrogen-bond donors (Lipinski definition) is 1. The summed E-state index contributed by atoms with van der Waals surface area (Å²) in [5.74, 6) is 1.34. The summed E-state index contributed by atoms with van der Waals surface area (Å²) in [5, 5.41) is 2.95. The zero-order valence-electron chi connectivity index (χ0n) is 19.0. The molecule has 1 amide bonds. The van der Waals surface area contributed by atoms with Crippen molar-refractivity contribution in [1.82, 2.24) is 0 Å². The molecule has 0 heterocycles. The molecule has 0 saturated carbocycles. The Hall–Kier alpha value is -3.27. The van der Waals surface area contributed by atoms with Gasteiger partial charge in [0.05, 0.1) is 6.61 Å². The van der Waals surface area contributed by atoms with Gasteiger partial charge in [-0.1, -0.05) is 45.0 Å². The molecule has 0 aliphatic rings. The topological polar surface area (TPSA) is 47.6 Å². The van der Waals surface area contributed by atoms with Crippen molar-refractivity contribution in [2.75, 3.05) is 11.9 Å². The zero-order valence-corrected chi connectivity index (χ0v) is 19.0. The van der Waals surface area contributed by atoms with E-state index in [1.807, 2.05) is 62.4 Å². The van der Waals surface area contributed by atoms with Gasteiger partial charge in [-0.2, -0.15) is 0 Å². The minimum atomic E-state index is -0.163. The van der Waals surface area contributed by atoms with Crippen LogP contribution < -0.4 is 14.8 Å². The summed E-state index contributed by atoms with van der Waals surface area (Å²) < 4.78 is 11.8. The van der Waals surface area contributed by atoms with Gasteiger partial charge in [0.1, 0.15) is 18.1 Å². The fraction of sp³-hybridized carbons (Fsp3) is 0.296. The molecule has 3 rings (SSSR count). The lowest BCUT2D eigenvalue weighted by molar-refractivity contribution is 0.102. The van der Waals surface area contributed by atoms with E-state index in [2.05, 4.69) is 38.2 Å². The van der Waals surface area contributed by atoms with Gasteiger partial charge in [0.15, 0.2) is 0 Å². The highest BCUT2D eigenvalue weighted by Gasteiger charge is 2.14. The number of benzene rings is 3. The SMILES string of the molecule is CCOc1ccc(C(=O)Nc2cccc(C)c2)cc1COc1ccc(C(C)(C)C)cc1. The van der Waals surface area contributed by atoms with Crippen molar-refractivity contribution >= 4 is 11.6 Å². The Kier molecular flexibility index (Phi) is 7.01. The molecule has 0 radical (unpaired) electrons. The number of anilines is 1. The summed E-state index contributed by atoms with van der Waals surface area (Å²) in [6.45, 7) is 11.3. The van der Waals surface area contributed by atoms with Crippen molar-refractivity contribution in [3.05, 3.63) is 89.0 Å². The lowest BCUT2D eigenvalue weighted by Crippen LogP contribution is -2.13. The van der Waals surface area contributed by atoms with E-state index >= 15 is 0 Å². The van der Waals surface area contributed by atoms with Crippen molar-refractivity contribution < 1.29 is 14.3 Å². The fourth-order valence-corrected chi connectivity index (χ4v) is 3.27. The number of carbonyl (C=O) groups is 1. The van der Waals surface area contributed by atoms with Gasteiger partial charge in [-0.25, -0.2) is 0 Å². The largest absolute Gasteiger partial charge is 0.493 e. The Labute approximate surface area is 185 Å². The highest BCUT2D eigenvalue weighted by atomic mass is 16.5. The molecule has 31 heavy (non-hydrogen) atoms. The van der Waals surface area contributed by atoms with E-state index in [-0.39, 0.29) is 11.3 Å². The Bertz CT molecular complexity index is 1030. The minimum Gasteiger partial charge on any atom is -0.493 e. The second-order valence-corrected chi connectivity index (χ2v) is 8.64. The van der Waals surface area contributed by atoms with Gasteiger partial charge in [0.2, 0.25) is 0 Å². The molecule has 162 valence electrons. The molecule has 0 aromatic heterocycles. The molecule has 0 spiro atoms. The molecule has 1 N–H and O–H groups in total. The first kappa shape index (κ1) is 22.4. The van der Waals surface area contributed by atoms with Crippen molar-refractivity contribution in [3.63, 3.8) is 0 Å². The molecule has 0 fully saturated rings. The maximum atomic E-state index is 12.8. The molecular formula is C27H31NO3. The van der Waals surface area contributed by atoms with E-state index in [1.165, 1.54) is 5.56 Å². The molecule has 0 bridgehead atoms. The molecule has 0 atom stereocenters. The van der Waals surface area contributed by atoms with Crippen LogP contribution in [0, 0.1) is 6.92 Å². The summed E-state index contributed by atoms with van der Waals surface area (Å²) in [7, 11) is 0. The third kappa shape index (κ3) is 6.11. The van der Waals surface area contributed by atoms with E-state index in [0.717, 1.165) is 28.3 Å². The quantitative estimate of drug-likeness (QED) is 0.476. The summed E-state index contributed by atoms with van der Waals surface area (Å²) >= 11 is 0. The molecule has 0 aliphatic heterocycles. The Balaban J connectivity index is 1.76. The molecule has 3 aromatic carbocycles. The molecule has 4 heteroatoms. The van der Waals surface area contributed by atoms with Crippen LogP contribution in [-0.2, 0) is 12.0 Å². The average molecular weight is 418 g/mol. The summed E-state index contributed by atoms with van der Waals surface area (Å²) in [6.07, 6.45) is 0. The van der Waals surface area contributed by atoms with E-state index in [1.54, 1.807) is 6.07 Å². The number of rotatable bonds is 7. The maximum absolute atomic E-state index is 12.8. The van der Waals surface area contributed by atoms with E-state index < -0.39 is 0 Å². The predicted molar refractivity (Wildman–Crippen MR) is 126 cm³/mol. The molecule has 3 aromatic rings. The van der Waals surface area contributed by atoms with Crippen LogP contribution in [0.2, 0.25) is 0 Å². The normalized spacial score (nSPS) is 11.1. The fourth-order valence-electron chi connectivity index (χ4n) is 3.27. The molecule has 0 unspecified atom stereocenters. The Morgan fingerprint density at radius 1 is 0.935 bits per heavy atom. The van der Waals surface area contributed by atoms with Gasteiger partial charge in [-0.15, -0.1) is 0 Å². The highest BCUT2D eigenvalue weighted by Crippen LogP contribution is 2.26. The van der Waals surface area contributed by atoms with E-state index in [0.29, 0.717) is 18.8 Å². The van der Waals surface area contributed by atoms with Gasteiger partial charge in [-0.05, 0) is 72.9 Å². The third-order valence-electron chi connectivity index (χ3n) is 5.01. The predicted octanol–water partition coefficient (Wildman–Crippen LogP) is 6.52. The Morgan fingerprint density at radius 2 is 1.68 bits per heavy atom. The standard InChI is InChI=1S/C27H31NO3/c1-6-30-25-15-10-20(26(29)28-23-9-7-8-19(2)16-23)17-21(25)18-31-24-13-11-22(12-14-24)27(3,4)5/h7-17H,6,18H2,1-5H3,(H,28,29). The number of ether oxygens (including phenoxy) is 2. The molecular weight excluding hydrogens is 386 g/mol. The van der Waals surface area contributed by atoms with Crippen molar-refractivity contribution in [1.29, 1.82) is 0 Å². The number of nitrogens with one attached hydrogen (secondary N) is 1. The second-order valence-electron chi connectivity index (χ2n) is 8.64. The van der Waals surface area contributed by atoms with E-state index in [4.69, 9.17) is 9.47 Å². The molecule has 4 nitrogen and oxygen atoms in total. The van der Waals surface area contributed by atoms with Gasteiger partial charge in [-0.3, -0.25) is 4.79 Å². The van der Waals surface area contributed by atoms with Gasteiger partial charge >= 0.3 is 0 Å². The van der Waals surface area contributed by atoms with Crippen molar-refractivity contribution in [3.8, 4) is 11.5 Å². The zero-order chi connectivity index (χ0) is 22.4. The van der Waals surface area contributed by atoms with Crippen LogP contribution in [0.1, 0.15) is 54.7 Å².